The second kappa shape index (κ2) is 6.34. The summed E-state index contributed by atoms with van der Waals surface area (Å²) in [6.45, 7) is 12.7. The van der Waals surface area contributed by atoms with E-state index in [2.05, 4.69) is 32.6 Å². The van der Waals surface area contributed by atoms with Gasteiger partial charge in [-0.15, -0.1) is 0 Å². The van der Waals surface area contributed by atoms with Crippen molar-refractivity contribution >= 4 is 11.9 Å². The molecule has 1 amide bonds. The lowest BCUT2D eigenvalue weighted by atomic mass is 9.40. The summed E-state index contributed by atoms with van der Waals surface area (Å²) in [4.78, 5) is 27.7. The van der Waals surface area contributed by atoms with Crippen LogP contribution >= 0.6 is 0 Å². The zero-order valence-electron chi connectivity index (χ0n) is 18.3. The molecular weight excluding hydrogens is 350 g/mol. The molecular formula is C24H37NO3. The molecule has 4 nitrogen and oxygen atoms in total. The van der Waals surface area contributed by atoms with Crippen molar-refractivity contribution in [3.05, 3.63) is 11.1 Å². The Kier molecular flexibility index (Phi) is 4.52. The zero-order valence-corrected chi connectivity index (χ0v) is 18.3. The monoisotopic (exact) mass is 387 g/mol. The molecule has 2 saturated carbocycles. The molecule has 4 heteroatoms. The van der Waals surface area contributed by atoms with E-state index in [9.17, 15) is 14.7 Å². The number of carboxylic acid groups (broad SMARTS) is 1. The third kappa shape index (κ3) is 2.55. The fourth-order valence-corrected chi connectivity index (χ4v) is 7.98. The van der Waals surface area contributed by atoms with Crippen molar-refractivity contribution in [1.29, 1.82) is 0 Å². The molecule has 1 N–H and O–H groups in total. The number of hydrogen-bond acceptors (Lipinski definition) is 2. The largest absolute Gasteiger partial charge is 0.481 e. The van der Waals surface area contributed by atoms with Crippen molar-refractivity contribution in [2.75, 3.05) is 13.1 Å². The van der Waals surface area contributed by atoms with Gasteiger partial charge in [0.25, 0.3) is 5.91 Å². The Morgan fingerprint density at radius 3 is 2.50 bits per heavy atom. The molecule has 0 spiro atoms. The molecule has 0 bridgehead atoms. The first-order valence-corrected chi connectivity index (χ1v) is 11.3. The topological polar surface area (TPSA) is 57.6 Å². The van der Waals surface area contributed by atoms with Gasteiger partial charge in [-0.2, -0.15) is 0 Å². The first-order valence-electron chi connectivity index (χ1n) is 11.3. The highest BCUT2D eigenvalue weighted by Crippen LogP contribution is 2.69. The van der Waals surface area contributed by atoms with Crippen LogP contribution in [-0.4, -0.2) is 35.0 Å². The Balaban J connectivity index is 1.70. The van der Waals surface area contributed by atoms with Crippen LogP contribution in [-0.2, 0) is 9.59 Å². The number of fused-ring (bicyclic) bond motifs is 4. The Labute approximate surface area is 169 Å². The molecule has 28 heavy (non-hydrogen) atoms. The van der Waals surface area contributed by atoms with Gasteiger partial charge >= 0.3 is 5.97 Å². The van der Waals surface area contributed by atoms with Crippen LogP contribution in [0.1, 0.15) is 79.6 Å². The summed E-state index contributed by atoms with van der Waals surface area (Å²) in [5.74, 6) is 0.767. The average molecular weight is 388 g/mol. The number of carbonyl (C=O) groups excluding carboxylic acids is 1. The van der Waals surface area contributed by atoms with Crippen LogP contribution in [0.15, 0.2) is 11.1 Å². The fourth-order valence-electron chi connectivity index (χ4n) is 7.98. The number of hydrogen-bond donors (Lipinski definition) is 1. The lowest BCUT2D eigenvalue weighted by Gasteiger charge is -2.63. The highest BCUT2D eigenvalue weighted by atomic mass is 16.4. The minimum atomic E-state index is -0.622. The molecule has 3 aliphatic carbocycles. The molecule has 1 aliphatic heterocycles. The van der Waals surface area contributed by atoms with E-state index in [1.54, 1.807) is 0 Å². The summed E-state index contributed by atoms with van der Waals surface area (Å²) in [7, 11) is 0. The number of amides is 1. The highest BCUT2D eigenvalue weighted by Gasteiger charge is 2.64. The van der Waals surface area contributed by atoms with Crippen LogP contribution in [0.3, 0.4) is 0 Å². The molecule has 0 aromatic rings. The summed E-state index contributed by atoms with van der Waals surface area (Å²) < 4.78 is 0. The van der Waals surface area contributed by atoms with E-state index in [1.165, 1.54) is 5.57 Å². The Morgan fingerprint density at radius 2 is 1.86 bits per heavy atom. The lowest BCUT2D eigenvalue weighted by Crippen LogP contribution is -2.59. The standard InChI is InChI=1S/C24H37NO3/c1-15(2)13-25-14-16-7-8-17-22(3)10-6-11-24(5,21(27)28)18(22)9-12-23(17,4)19(16)20(25)26/h15,17-18H,6-14H2,1-5H3,(H,27,28)/t17-,18-,22-,23-,24+/m1/s1. The third-order valence-corrected chi connectivity index (χ3v) is 9.11. The summed E-state index contributed by atoms with van der Waals surface area (Å²) in [6.07, 6.45) is 6.90. The SMILES string of the molecule is CC(C)CN1CC2=C(C1=O)[C@]1(C)CC[C@@H]3[C@](C)(CCC[C@]3(C)C(=O)O)[C@H]1CC2. The predicted octanol–water partition coefficient (Wildman–Crippen LogP) is 4.89. The number of carboxylic acids is 1. The first-order chi connectivity index (χ1) is 13.0. The normalized spacial score (nSPS) is 43.1. The Bertz CT molecular complexity index is 740. The van der Waals surface area contributed by atoms with Gasteiger partial charge in [-0.25, -0.2) is 0 Å². The number of aliphatic carboxylic acids is 1. The lowest BCUT2D eigenvalue weighted by molar-refractivity contribution is -0.175. The first kappa shape index (κ1) is 20.0. The molecule has 2 fully saturated rings. The highest BCUT2D eigenvalue weighted by molar-refractivity contribution is 5.98. The van der Waals surface area contributed by atoms with Gasteiger partial charge in [-0.1, -0.05) is 34.1 Å². The Morgan fingerprint density at radius 1 is 1.14 bits per heavy atom. The minimum Gasteiger partial charge on any atom is -0.481 e. The van der Waals surface area contributed by atoms with Crippen molar-refractivity contribution in [3.63, 3.8) is 0 Å². The molecule has 4 rings (SSSR count). The summed E-state index contributed by atoms with van der Waals surface area (Å²) >= 11 is 0. The maximum atomic E-state index is 13.4. The van der Waals surface area contributed by atoms with Gasteiger partial charge in [-0.3, -0.25) is 9.59 Å². The van der Waals surface area contributed by atoms with Crippen molar-refractivity contribution in [3.8, 4) is 0 Å². The van der Waals surface area contributed by atoms with Gasteiger partial charge in [0, 0.05) is 24.1 Å². The van der Waals surface area contributed by atoms with E-state index in [0.29, 0.717) is 11.8 Å². The third-order valence-electron chi connectivity index (χ3n) is 9.11. The van der Waals surface area contributed by atoms with Gasteiger partial charge in [0.15, 0.2) is 0 Å². The van der Waals surface area contributed by atoms with Crippen LogP contribution in [0.2, 0.25) is 0 Å². The number of nitrogens with zero attached hydrogens (tertiary/aromatic N) is 1. The summed E-state index contributed by atoms with van der Waals surface area (Å²) in [5, 5.41) is 10.1. The van der Waals surface area contributed by atoms with Gasteiger partial charge in [0.1, 0.15) is 0 Å². The molecule has 0 aromatic carbocycles. The molecule has 0 unspecified atom stereocenters. The van der Waals surface area contributed by atoms with Crippen LogP contribution in [0.4, 0.5) is 0 Å². The van der Waals surface area contributed by atoms with E-state index in [1.807, 2.05) is 6.92 Å². The second-order valence-corrected chi connectivity index (χ2v) is 11.2. The van der Waals surface area contributed by atoms with E-state index < -0.39 is 11.4 Å². The molecule has 0 radical (unpaired) electrons. The van der Waals surface area contributed by atoms with Crippen molar-refractivity contribution < 1.29 is 14.7 Å². The van der Waals surface area contributed by atoms with Gasteiger partial charge < -0.3 is 10.0 Å². The van der Waals surface area contributed by atoms with E-state index in [0.717, 1.165) is 63.6 Å². The molecule has 1 heterocycles. The number of rotatable bonds is 3. The predicted molar refractivity (Wildman–Crippen MR) is 110 cm³/mol. The second-order valence-electron chi connectivity index (χ2n) is 11.2. The van der Waals surface area contributed by atoms with Crippen LogP contribution in [0, 0.1) is 34.0 Å². The van der Waals surface area contributed by atoms with E-state index >= 15 is 0 Å². The minimum absolute atomic E-state index is 0.0165. The van der Waals surface area contributed by atoms with Crippen molar-refractivity contribution in [2.24, 2.45) is 34.0 Å². The molecule has 4 aliphatic rings. The van der Waals surface area contributed by atoms with Gasteiger partial charge in [0.05, 0.1) is 5.41 Å². The number of carbonyl (C=O) groups is 2. The zero-order chi connectivity index (χ0) is 20.5. The van der Waals surface area contributed by atoms with Gasteiger partial charge in [-0.05, 0) is 74.2 Å². The fraction of sp³-hybridized carbons (Fsp3) is 0.833. The van der Waals surface area contributed by atoms with Gasteiger partial charge in [0.2, 0.25) is 0 Å². The van der Waals surface area contributed by atoms with Crippen LogP contribution in [0.5, 0.6) is 0 Å². The van der Waals surface area contributed by atoms with Crippen LogP contribution in [0.25, 0.3) is 0 Å². The van der Waals surface area contributed by atoms with Crippen molar-refractivity contribution in [1.82, 2.24) is 4.90 Å². The molecule has 5 atom stereocenters. The quantitative estimate of drug-likeness (QED) is 0.750. The molecule has 0 aromatic heterocycles. The molecule has 0 saturated heterocycles. The maximum absolute atomic E-state index is 13.4. The van der Waals surface area contributed by atoms with E-state index in [-0.39, 0.29) is 22.7 Å². The maximum Gasteiger partial charge on any atom is 0.309 e. The molecule has 156 valence electrons. The van der Waals surface area contributed by atoms with Crippen LogP contribution < -0.4 is 0 Å². The Hall–Kier alpha value is -1.32. The van der Waals surface area contributed by atoms with Crippen molar-refractivity contribution in [2.45, 2.75) is 79.6 Å². The van der Waals surface area contributed by atoms with E-state index in [4.69, 9.17) is 0 Å². The average Bonchev–Trinajstić information content (AvgIpc) is 2.90. The summed E-state index contributed by atoms with van der Waals surface area (Å²) in [6, 6.07) is 0. The smallest absolute Gasteiger partial charge is 0.309 e. The summed E-state index contributed by atoms with van der Waals surface area (Å²) in [5.41, 5.74) is 1.81.